The normalized spacial score (nSPS) is 21.5. The Morgan fingerprint density at radius 2 is 2.14 bits per heavy atom. The van der Waals surface area contributed by atoms with Gasteiger partial charge in [-0.15, -0.1) is 0 Å². The summed E-state index contributed by atoms with van der Waals surface area (Å²) in [5.41, 5.74) is 1.15. The van der Waals surface area contributed by atoms with Crippen LogP contribution in [0, 0.1) is 0 Å². The van der Waals surface area contributed by atoms with Crippen molar-refractivity contribution in [1.29, 1.82) is 0 Å². The van der Waals surface area contributed by atoms with E-state index in [1.165, 1.54) is 0 Å². The van der Waals surface area contributed by atoms with Gasteiger partial charge in [-0.2, -0.15) is 0 Å². The van der Waals surface area contributed by atoms with Crippen LogP contribution in [-0.4, -0.2) is 32.5 Å². The summed E-state index contributed by atoms with van der Waals surface area (Å²) in [5, 5.41) is 3.17. The molecule has 2 rings (SSSR count). The first-order chi connectivity index (χ1) is 10.2. The molecule has 0 spiro atoms. The van der Waals surface area contributed by atoms with Gasteiger partial charge in [-0.3, -0.25) is 0 Å². The van der Waals surface area contributed by atoms with Gasteiger partial charge in [0.1, 0.15) is 18.1 Å². The zero-order valence-electron chi connectivity index (χ0n) is 13.4. The Morgan fingerprint density at radius 1 is 1.29 bits per heavy atom. The van der Waals surface area contributed by atoms with Gasteiger partial charge in [0.15, 0.2) is 0 Å². The van der Waals surface area contributed by atoms with Gasteiger partial charge in [-0.05, 0) is 39.3 Å². The van der Waals surface area contributed by atoms with Gasteiger partial charge in [-0.1, -0.05) is 13.0 Å². The molecule has 4 heteroatoms. The summed E-state index contributed by atoms with van der Waals surface area (Å²) in [6, 6.07) is 6.05. The quantitative estimate of drug-likeness (QED) is 0.799. The number of rotatable bonds is 8. The summed E-state index contributed by atoms with van der Waals surface area (Å²) in [7, 11) is 1.94. The van der Waals surface area contributed by atoms with E-state index in [1.807, 2.05) is 19.2 Å². The summed E-state index contributed by atoms with van der Waals surface area (Å²) in [5.74, 6) is 1.76. The van der Waals surface area contributed by atoms with Gasteiger partial charge < -0.3 is 19.5 Å². The van der Waals surface area contributed by atoms with Crippen LogP contribution in [0.15, 0.2) is 18.2 Å². The third kappa shape index (κ3) is 4.90. The van der Waals surface area contributed by atoms with E-state index in [4.69, 9.17) is 14.2 Å². The van der Waals surface area contributed by atoms with Crippen LogP contribution in [0.25, 0.3) is 0 Å². The van der Waals surface area contributed by atoms with Crippen LogP contribution in [-0.2, 0) is 11.3 Å². The van der Waals surface area contributed by atoms with Gasteiger partial charge in [0.25, 0.3) is 0 Å². The Kier molecular flexibility index (Phi) is 6.33. The molecule has 1 aromatic carbocycles. The predicted octanol–water partition coefficient (Wildman–Crippen LogP) is 3.14. The van der Waals surface area contributed by atoms with Crippen LogP contribution in [0.2, 0.25) is 0 Å². The second-order valence-corrected chi connectivity index (χ2v) is 5.61. The second kappa shape index (κ2) is 8.25. The fraction of sp³-hybridized carbons (Fsp3) is 0.647. The molecule has 1 aliphatic heterocycles. The van der Waals surface area contributed by atoms with E-state index in [-0.39, 0.29) is 6.10 Å². The lowest BCUT2D eigenvalue weighted by Gasteiger charge is -2.16. The third-order valence-corrected chi connectivity index (χ3v) is 3.62. The Bertz CT molecular complexity index is 436. The van der Waals surface area contributed by atoms with Crippen LogP contribution >= 0.6 is 0 Å². The zero-order chi connectivity index (χ0) is 15.1. The average molecular weight is 293 g/mol. The third-order valence-electron chi connectivity index (χ3n) is 3.62. The van der Waals surface area contributed by atoms with Crippen LogP contribution < -0.4 is 14.8 Å². The van der Waals surface area contributed by atoms with Crippen molar-refractivity contribution in [2.75, 3.05) is 20.3 Å². The molecular weight excluding hydrogens is 266 g/mol. The van der Waals surface area contributed by atoms with Gasteiger partial charge in [0.05, 0.1) is 18.8 Å². The maximum Gasteiger partial charge on any atom is 0.127 e. The summed E-state index contributed by atoms with van der Waals surface area (Å²) in [6.07, 6.45) is 3.77. The minimum atomic E-state index is 0.211. The van der Waals surface area contributed by atoms with E-state index < -0.39 is 0 Å². The molecule has 0 aliphatic carbocycles. The lowest BCUT2D eigenvalue weighted by atomic mass is 10.2. The number of hydrogen-bond acceptors (Lipinski definition) is 4. The molecule has 4 nitrogen and oxygen atoms in total. The van der Waals surface area contributed by atoms with Crippen LogP contribution in [0.1, 0.15) is 38.7 Å². The molecular formula is C17H27NO3. The van der Waals surface area contributed by atoms with Crippen molar-refractivity contribution in [3.05, 3.63) is 23.8 Å². The molecule has 1 aromatic rings. The maximum absolute atomic E-state index is 6.00. The Hall–Kier alpha value is -1.26. The molecule has 1 aliphatic rings. The minimum Gasteiger partial charge on any atom is -0.493 e. The molecule has 0 radical (unpaired) electrons. The SMILES string of the molecule is CCCOc1ccc(CNC)c(OCC2CCC(C)O2)c1. The van der Waals surface area contributed by atoms with E-state index in [9.17, 15) is 0 Å². The Balaban J connectivity index is 1.99. The molecule has 118 valence electrons. The largest absolute Gasteiger partial charge is 0.493 e. The van der Waals surface area contributed by atoms with E-state index in [2.05, 4.69) is 25.2 Å². The fourth-order valence-corrected chi connectivity index (χ4v) is 2.51. The first-order valence-corrected chi connectivity index (χ1v) is 7.91. The van der Waals surface area contributed by atoms with E-state index >= 15 is 0 Å². The number of benzene rings is 1. The Labute approximate surface area is 127 Å². The highest BCUT2D eigenvalue weighted by molar-refractivity contribution is 5.40. The zero-order valence-corrected chi connectivity index (χ0v) is 13.4. The molecule has 0 amide bonds. The second-order valence-electron chi connectivity index (χ2n) is 5.61. The molecule has 0 aromatic heterocycles. The molecule has 1 fully saturated rings. The van der Waals surface area contributed by atoms with Crippen molar-refractivity contribution in [1.82, 2.24) is 5.32 Å². The van der Waals surface area contributed by atoms with Crippen molar-refractivity contribution in [2.45, 2.75) is 51.9 Å². The first-order valence-electron chi connectivity index (χ1n) is 7.91. The van der Waals surface area contributed by atoms with Gasteiger partial charge in [0, 0.05) is 18.2 Å². The van der Waals surface area contributed by atoms with Gasteiger partial charge in [-0.25, -0.2) is 0 Å². The molecule has 1 saturated heterocycles. The monoisotopic (exact) mass is 293 g/mol. The molecule has 2 atom stereocenters. The lowest BCUT2D eigenvalue weighted by Crippen LogP contribution is -2.19. The van der Waals surface area contributed by atoms with Crippen molar-refractivity contribution in [3.63, 3.8) is 0 Å². The fourth-order valence-electron chi connectivity index (χ4n) is 2.51. The minimum absolute atomic E-state index is 0.211. The van der Waals surface area contributed by atoms with Crippen LogP contribution in [0.4, 0.5) is 0 Å². The first kappa shape index (κ1) is 16.1. The number of nitrogens with one attached hydrogen (secondary N) is 1. The van der Waals surface area contributed by atoms with E-state index in [1.54, 1.807) is 0 Å². The van der Waals surface area contributed by atoms with E-state index in [0.29, 0.717) is 12.7 Å². The molecule has 0 saturated carbocycles. The highest BCUT2D eigenvalue weighted by atomic mass is 16.5. The molecule has 1 N–H and O–H groups in total. The van der Waals surface area contributed by atoms with Crippen LogP contribution in [0.3, 0.4) is 0 Å². The van der Waals surface area contributed by atoms with Crippen molar-refractivity contribution >= 4 is 0 Å². The summed E-state index contributed by atoms with van der Waals surface area (Å²) in [4.78, 5) is 0. The summed E-state index contributed by atoms with van der Waals surface area (Å²) < 4.78 is 17.5. The molecule has 1 heterocycles. The molecule has 2 unspecified atom stereocenters. The smallest absolute Gasteiger partial charge is 0.127 e. The van der Waals surface area contributed by atoms with Crippen molar-refractivity contribution in [2.24, 2.45) is 0 Å². The predicted molar refractivity (Wildman–Crippen MR) is 84.1 cm³/mol. The van der Waals surface area contributed by atoms with Gasteiger partial charge >= 0.3 is 0 Å². The van der Waals surface area contributed by atoms with Crippen molar-refractivity contribution in [3.8, 4) is 11.5 Å². The van der Waals surface area contributed by atoms with Gasteiger partial charge in [0.2, 0.25) is 0 Å². The highest BCUT2D eigenvalue weighted by Crippen LogP contribution is 2.27. The topological polar surface area (TPSA) is 39.7 Å². The molecule has 0 bridgehead atoms. The van der Waals surface area contributed by atoms with Crippen molar-refractivity contribution < 1.29 is 14.2 Å². The highest BCUT2D eigenvalue weighted by Gasteiger charge is 2.22. The van der Waals surface area contributed by atoms with E-state index in [0.717, 1.165) is 49.5 Å². The number of hydrogen-bond donors (Lipinski definition) is 1. The number of ether oxygens (including phenoxy) is 3. The maximum atomic E-state index is 6.00. The molecule has 21 heavy (non-hydrogen) atoms. The summed E-state index contributed by atoms with van der Waals surface area (Å²) in [6.45, 7) is 6.34. The lowest BCUT2D eigenvalue weighted by molar-refractivity contribution is 0.0262. The standard InChI is InChI=1S/C17H27NO3/c1-4-9-19-15-8-6-14(11-18-3)17(10-15)20-12-16-7-5-13(2)21-16/h6,8,10,13,16,18H,4-5,7,9,11-12H2,1-3H3. The Morgan fingerprint density at radius 3 is 2.81 bits per heavy atom. The summed E-state index contributed by atoms with van der Waals surface area (Å²) >= 11 is 0. The average Bonchev–Trinajstić information content (AvgIpc) is 2.90. The van der Waals surface area contributed by atoms with Crippen LogP contribution in [0.5, 0.6) is 11.5 Å².